The molecule has 0 radical (unpaired) electrons. The summed E-state index contributed by atoms with van der Waals surface area (Å²) in [6.07, 6.45) is 0.190. The molecule has 0 fully saturated rings. The monoisotopic (exact) mass is 195 g/mol. The summed E-state index contributed by atoms with van der Waals surface area (Å²) in [5.74, 6) is -0.474. The van der Waals surface area contributed by atoms with Gasteiger partial charge in [0.15, 0.2) is 6.16 Å². The Morgan fingerprint density at radius 2 is 2.27 bits per heavy atom. The second-order valence-electron chi connectivity index (χ2n) is 1.96. The molecule has 0 heterocycles. The van der Waals surface area contributed by atoms with Crippen LogP contribution in [0.4, 0.5) is 0 Å². The highest BCUT2D eigenvalue weighted by atomic mass is 35.7. The Kier molecular flexibility index (Phi) is 5.08. The van der Waals surface area contributed by atoms with Gasteiger partial charge in [0, 0.05) is 5.57 Å². The summed E-state index contributed by atoms with van der Waals surface area (Å²) in [7, 11) is -1.74. The number of hydrogen-bond acceptors (Lipinski definition) is 3. The maximum atomic E-state index is 10.7. The molecule has 0 aliphatic rings. The highest BCUT2D eigenvalue weighted by Crippen LogP contribution is 2.24. The van der Waals surface area contributed by atoms with Crippen LogP contribution < -0.4 is 0 Å². The van der Waals surface area contributed by atoms with Crippen molar-refractivity contribution in [3.63, 3.8) is 0 Å². The molecular formula is C6H9ClO3P+. The second-order valence-corrected chi connectivity index (χ2v) is 4.17. The van der Waals surface area contributed by atoms with Crippen LogP contribution in [0.3, 0.4) is 0 Å². The molecule has 0 rings (SSSR count). The molecule has 0 saturated carbocycles. The summed E-state index contributed by atoms with van der Waals surface area (Å²) in [6, 6.07) is 0. The molecule has 5 heteroatoms. The standard InChI is InChI=1S/C6H9ClO3P/c1-5(2)6(8)10-3-4-11(7)9/h1,3-4H2,2H3/q+1. The van der Waals surface area contributed by atoms with Gasteiger partial charge in [-0.3, -0.25) is 0 Å². The van der Waals surface area contributed by atoms with E-state index in [1.165, 1.54) is 0 Å². The normalized spacial score (nSPS) is 10.5. The van der Waals surface area contributed by atoms with Crippen LogP contribution in [0.15, 0.2) is 12.2 Å². The van der Waals surface area contributed by atoms with Gasteiger partial charge in [-0.15, -0.1) is 0 Å². The molecule has 0 spiro atoms. The van der Waals surface area contributed by atoms with E-state index in [9.17, 15) is 9.36 Å². The summed E-state index contributed by atoms with van der Waals surface area (Å²) in [5.41, 5.74) is 0.329. The Labute approximate surface area is 70.9 Å². The molecule has 62 valence electrons. The molecule has 0 aromatic carbocycles. The van der Waals surface area contributed by atoms with Crippen LogP contribution in [0, 0.1) is 0 Å². The summed E-state index contributed by atoms with van der Waals surface area (Å²) in [4.78, 5) is 10.7. The van der Waals surface area contributed by atoms with Crippen molar-refractivity contribution in [3.8, 4) is 0 Å². The van der Waals surface area contributed by atoms with Gasteiger partial charge in [-0.2, -0.15) is 0 Å². The summed E-state index contributed by atoms with van der Waals surface area (Å²) in [5, 5.41) is 0. The van der Waals surface area contributed by atoms with Gasteiger partial charge in [-0.1, -0.05) is 11.1 Å². The average Bonchev–Trinajstić information content (AvgIpc) is 1.86. The first kappa shape index (κ1) is 10.6. The number of rotatable bonds is 4. The van der Waals surface area contributed by atoms with Crippen LogP contribution in [0.1, 0.15) is 6.92 Å². The van der Waals surface area contributed by atoms with Crippen molar-refractivity contribution in [1.29, 1.82) is 0 Å². The SMILES string of the molecule is C=C(C)C(=O)OCC[P+](=O)Cl. The summed E-state index contributed by atoms with van der Waals surface area (Å²) in [6.45, 7) is 5.00. The van der Waals surface area contributed by atoms with E-state index in [4.69, 9.17) is 11.2 Å². The molecular weight excluding hydrogens is 186 g/mol. The Balaban J connectivity index is 3.47. The van der Waals surface area contributed by atoms with Crippen LogP contribution in [-0.4, -0.2) is 18.7 Å². The Morgan fingerprint density at radius 1 is 1.73 bits per heavy atom. The molecule has 0 bridgehead atoms. The molecule has 0 saturated heterocycles. The van der Waals surface area contributed by atoms with Crippen LogP contribution in [0.2, 0.25) is 0 Å². The molecule has 1 unspecified atom stereocenters. The van der Waals surface area contributed by atoms with Crippen molar-refractivity contribution in [2.24, 2.45) is 0 Å². The van der Waals surface area contributed by atoms with E-state index >= 15 is 0 Å². The molecule has 0 aromatic heterocycles. The third kappa shape index (κ3) is 6.02. The number of carbonyl (C=O) groups excluding carboxylic acids is 1. The lowest BCUT2D eigenvalue weighted by Gasteiger charge is -1.97. The van der Waals surface area contributed by atoms with E-state index in [1.54, 1.807) is 6.92 Å². The molecule has 0 aliphatic heterocycles. The molecule has 1 atom stereocenters. The van der Waals surface area contributed by atoms with E-state index in [-0.39, 0.29) is 12.8 Å². The van der Waals surface area contributed by atoms with Crippen molar-refractivity contribution in [1.82, 2.24) is 0 Å². The van der Waals surface area contributed by atoms with Crippen molar-refractivity contribution < 1.29 is 14.1 Å². The highest BCUT2D eigenvalue weighted by molar-refractivity contribution is 7.73. The van der Waals surface area contributed by atoms with Gasteiger partial charge >= 0.3 is 13.1 Å². The molecule has 11 heavy (non-hydrogen) atoms. The smallest absolute Gasteiger partial charge is 0.458 e. The maximum Gasteiger partial charge on any atom is 0.458 e. The van der Waals surface area contributed by atoms with Crippen LogP contribution in [0.5, 0.6) is 0 Å². The number of hydrogen-bond donors (Lipinski definition) is 0. The van der Waals surface area contributed by atoms with E-state index in [2.05, 4.69) is 11.3 Å². The Hall–Kier alpha value is -0.400. The molecule has 0 amide bonds. The first-order chi connectivity index (χ1) is 5.04. The van der Waals surface area contributed by atoms with Crippen LogP contribution >= 0.6 is 18.4 Å². The fourth-order valence-corrected chi connectivity index (χ4v) is 0.775. The lowest BCUT2D eigenvalue weighted by atomic mass is 10.4. The minimum atomic E-state index is -1.74. The zero-order valence-corrected chi connectivity index (χ0v) is 7.82. The molecule has 0 aromatic rings. The van der Waals surface area contributed by atoms with E-state index in [1.807, 2.05) is 0 Å². The quantitative estimate of drug-likeness (QED) is 0.392. The third-order valence-corrected chi connectivity index (χ3v) is 1.89. The average molecular weight is 196 g/mol. The zero-order chi connectivity index (χ0) is 8.85. The van der Waals surface area contributed by atoms with Crippen molar-refractivity contribution in [2.75, 3.05) is 12.8 Å². The number of carbonyl (C=O) groups is 1. The first-order valence-corrected chi connectivity index (χ1v) is 5.32. The number of halogens is 1. The summed E-state index contributed by atoms with van der Waals surface area (Å²) < 4.78 is 14.9. The Morgan fingerprint density at radius 3 is 2.64 bits per heavy atom. The molecule has 3 nitrogen and oxygen atoms in total. The predicted octanol–water partition coefficient (Wildman–Crippen LogP) is 2.09. The van der Waals surface area contributed by atoms with Gasteiger partial charge in [0.1, 0.15) is 6.61 Å². The van der Waals surface area contributed by atoms with Crippen molar-refractivity contribution in [2.45, 2.75) is 6.92 Å². The van der Waals surface area contributed by atoms with Crippen molar-refractivity contribution in [3.05, 3.63) is 12.2 Å². The number of esters is 1. The highest BCUT2D eigenvalue weighted by Gasteiger charge is 2.12. The fraction of sp³-hybridized carbons (Fsp3) is 0.500. The minimum absolute atomic E-state index is 0.0877. The van der Waals surface area contributed by atoms with E-state index in [0.29, 0.717) is 5.57 Å². The predicted molar refractivity (Wildman–Crippen MR) is 44.1 cm³/mol. The number of ether oxygens (including phenoxy) is 1. The van der Waals surface area contributed by atoms with E-state index in [0.717, 1.165) is 0 Å². The second kappa shape index (κ2) is 5.28. The molecule has 0 aliphatic carbocycles. The minimum Gasteiger partial charge on any atom is -0.458 e. The van der Waals surface area contributed by atoms with Crippen LogP contribution in [0.25, 0.3) is 0 Å². The van der Waals surface area contributed by atoms with Gasteiger partial charge in [-0.05, 0) is 6.92 Å². The fourth-order valence-electron chi connectivity index (χ4n) is 0.333. The van der Waals surface area contributed by atoms with Gasteiger partial charge in [0.2, 0.25) is 11.2 Å². The topological polar surface area (TPSA) is 43.4 Å². The van der Waals surface area contributed by atoms with Gasteiger partial charge < -0.3 is 4.74 Å². The van der Waals surface area contributed by atoms with E-state index < -0.39 is 13.1 Å². The largest absolute Gasteiger partial charge is 0.458 e. The molecule has 0 N–H and O–H groups in total. The van der Waals surface area contributed by atoms with Gasteiger partial charge in [0.05, 0.1) is 0 Å². The Bertz CT molecular complexity index is 190. The zero-order valence-electron chi connectivity index (χ0n) is 6.17. The first-order valence-electron chi connectivity index (χ1n) is 2.97. The van der Waals surface area contributed by atoms with Gasteiger partial charge in [0.25, 0.3) is 0 Å². The summed E-state index contributed by atoms with van der Waals surface area (Å²) >= 11 is 5.14. The third-order valence-electron chi connectivity index (χ3n) is 0.849. The lowest BCUT2D eigenvalue weighted by Crippen LogP contribution is -2.07. The maximum absolute atomic E-state index is 10.7. The lowest BCUT2D eigenvalue weighted by molar-refractivity contribution is -0.138. The van der Waals surface area contributed by atoms with Gasteiger partial charge in [-0.25, -0.2) is 4.79 Å². The van der Waals surface area contributed by atoms with Crippen LogP contribution in [-0.2, 0) is 14.1 Å². The van der Waals surface area contributed by atoms with Crippen molar-refractivity contribution >= 4 is 24.4 Å².